The molecule has 0 saturated heterocycles. The molecule has 0 aliphatic rings. The van der Waals surface area contributed by atoms with Gasteiger partial charge in [0.25, 0.3) is 5.91 Å². The molecule has 0 atom stereocenters. The zero-order valence-electron chi connectivity index (χ0n) is 17.3. The third-order valence-corrected chi connectivity index (χ3v) is 4.80. The smallest absolute Gasteiger partial charge is 0.256 e. The van der Waals surface area contributed by atoms with Gasteiger partial charge < -0.3 is 14.8 Å². The Kier molecular flexibility index (Phi) is 5.10. The standard InChI is InChI=1S/C23H22N4O3/c1-14-10-20(23(28)25-16-11-18(29-3)13-19(12-16)30-4)21-15(2)26-27(22(21)24-14)17-8-6-5-7-9-17/h5-13H,1-4H3,(H,25,28). The number of fused-ring (bicyclic) bond motifs is 1. The second-order valence-corrected chi connectivity index (χ2v) is 6.90. The normalized spacial score (nSPS) is 10.8. The van der Waals surface area contributed by atoms with Crippen LogP contribution in [0.4, 0.5) is 5.69 Å². The topological polar surface area (TPSA) is 78.3 Å². The van der Waals surface area contributed by atoms with Crippen molar-refractivity contribution in [2.45, 2.75) is 13.8 Å². The van der Waals surface area contributed by atoms with Crippen LogP contribution < -0.4 is 14.8 Å². The van der Waals surface area contributed by atoms with Gasteiger partial charge >= 0.3 is 0 Å². The molecule has 152 valence electrons. The molecule has 0 saturated carbocycles. The molecule has 2 heterocycles. The molecule has 0 aliphatic heterocycles. The summed E-state index contributed by atoms with van der Waals surface area (Å²) in [6.07, 6.45) is 0. The average Bonchev–Trinajstić information content (AvgIpc) is 3.09. The van der Waals surface area contributed by atoms with Gasteiger partial charge in [-0.2, -0.15) is 5.10 Å². The third-order valence-electron chi connectivity index (χ3n) is 4.80. The maximum absolute atomic E-state index is 13.2. The molecule has 0 radical (unpaired) electrons. The van der Waals surface area contributed by atoms with E-state index in [4.69, 9.17) is 9.47 Å². The molecule has 0 fully saturated rings. The number of anilines is 1. The van der Waals surface area contributed by atoms with E-state index in [1.54, 1.807) is 43.2 Å². The predicted octanol–water partition coefficient (Wildman–Crippen LogP) is 4.31. The first kappa shape index (κ1) is 19.4. The number of benzene rings is 2. The molecule has 7 heteroatoms. The molecule has 0 unspecified atom stereocenters. The fourth-order valence-electron chi connectivity index (χ4n) is 3.42. The van der Waals surface area contributed by atoms with E-state index >= 15 is 0 Å². The van der Waals surface area contributed by atoms with Gasteiger partial charge in [0.1, 0.15) is 11.5 Å². The van der Waals surface area contributed by atoms with Crippen molar-refractivity contribution >= 4 is 22.6 Å². The highest BCUT2D eigenvalue weighted by atomic mass is 16.5. The number of pyridine rings is 1. The summed E-state index contributed by atoms with van der Waals surface area (Å²) in [5.74, 6) is 0.930. The molecule has 30 heavy (non-hydrogen) atoms. The van der Waals surface area contributed by atoms with E-state index in [0.29, 0.717) is 28.4 Å². The summed E-state index contributed by atoms with van der Waals surface area (Å²) in [7, 11) is 3.13. The van der Waals surface area contributed by atoms with Crippen LogP contribution in [0.15, 0.2) is 54.6 Å². The summed E-state index contributed by atoms with van der Waals surface area (Å²) in [6, 6.07) is 16.8. The number of methoxy groups -OCH3 is 2. The maximum atomic E-state index is 13.2. The number of aromatic nitrogens is 3. The van der Waals surface area contributed by atoms with Crippen molar-refractivity contribution < 1.29 is 14.3 Å². The second-order valence-electron chi connectivity index (χ2n) is 6.90. The number of ether oxygens (including phenoxy) is 2. The number of amides is 1. The molecular weight excluding hydrogens is 380 g/mol. The lowest BCUT2D eigenvalue weighted by Crippen LogP contribution is -2.13. The molecule has 7 nitrogen and oxygen atoms in total. The number of carbonyl (C=O) groups excluding carboxylic acids is 1. The Hall–Kier alpha value is -3.87. The van der Waals surface area contributed by atoms with E-state index in [2.05, 4.69) is 15.4 Å². The number of carbonyl (C=O) groups is 1. The average molecular weight is 402 g/mol. The molecule has 1 N–H and O–H groups in total. The van der Waals surface area contributed by atoms with Gasteiger partial charge in [-0.1, -0.05) is 18.2 Å². The Balaban J connectivity index is 1.80. The zero-order valence-corrected chi connectivity index (χ0v) is 17.3. The van der Waals surface area contributed by atoms with Gasteiger partial charge in [-0.15, -0.1) is 0 Å². The fraction of sp³-hybridized carbons (Fsp3) is 0.174. The molecule has 0 spiro atoms. The van der Waals surface area contributed by atoms with Gasteiger partial charge in [-0.05, 0) is 32.0 Å². The van der Waals surface area contributed by atoms with Gasteiger partial charge in [0, 0.05) is 29.6 Å². The number of nitrogens with one attached hydrogen (secondary N) is 1. The summed E-state index contributed by atoms with van der Waals surface area (Å²) in [5, 5.41) is 8.30. The second kappa shape index (κ2) is 7.87. The minimum absolute atomic E-state index is 0.253. The maximum Gasteiger partial charge on any atom is 0.256 e. The van der Waals surface area contributed by atoms with Crippen LogP contribution in [0, 0.1) is 13.8 Å². The van der Waals surface area contributed by atoms with Crippen LogP contribution in [-0.2, 0) is 0 Å². The van der Waals surface area contributed by atoms with Crippen molar-refractivity contribution in [2.24, 2.45) is 0 Å². The van der Waals surface area contributed by atoms with Crippen LogP contribution in [0.2, 0.25) is 0 Å². The van der Waals surface area contributed by atoms with E-state index < -0.39 is 0 Å². The highest BCUT2D eigenvalue weighted by molar-refractivity contribution is 6.13. The molecule has 2 aromatic heterocycles. The molecule has 1 amide bonds. The van der Waals surface area contributed by atoms with Crippen molar-refractivity contribution in [3.05, 3.63) is 71.5 Å². The lowest BCUT2D eigenvalue weighted by Gasteiger charge is -2.11. The molecule has 0 bridgehead atoms. The number of aryl methyl sites for hydroxylation is 2. The number of hydrogen-bond donors (Lipinski definition) is 1. The first-order chi connectivity index (χ1) is 14.5. The van der Waals surface area contributed by atoms with E-state index in [0.717, 1.165) is 22.5 Å². The van der Waals surface area contributed by atoms with E-state index in [-0.39, 0.29) is 5.91 Å². The van der Waals surface area contributed by atoms with E-state index in [1.807, 2.05) is 44.2 Å². The van der Waals surface area contributed by atoms with Crippen molar-refractivity contribution in [1.29, 1.82) is 0 Å². The van der Waals surface area contributed by atoms with Crippen LogP contribution in [0.1, 0.15) is 21.7 Å². The molecule has 0 aliphatic carbocycles. The molecule has 2 aromatic carbocycles. The monoisotopic (exact) mass is 402 g/mol. The van der Waals surface area contributed by atoms with Crippen LogP contribution in [0.3, 0.4) is 0 Å². The minimum Gasteiger partial charge on any atom is -0.497 e. The van der Waals surface area contributed by atoms with Crippen LogP contribution in [0.25, 0.3) is 16.7 Å². The Morgan fingerprint density at radius 1 is 0.967 bits per heavy atom. The van der Waals surface area contributed by atoms with Crippen LogP contribution in [-0.4, -0.2) is 34.9 Å². The van der Waals surface area contributed by atoms with Gasteiger partial charge in [-0.3, -0.25) is 4.79 Å². The Labute approximate surface area is 174 Å². The third kappa shape index (κ3) is 3.57. The number of nitrogens with zero attached hydrogens (tertiary/aromatic N) is 3. The van der Waals surface area contributed by atoms with E-state index in [9.17, 15) is 4.79 Å². The fourth-order valence-corrected chi connectivity index (χ4v) is 3.42. The largest absolute Gasteiger partial charge is 0.497 e. The quantitative estimate of drug-likeness (QED) is 0.538. The molecule has 4 aromatic rings. The SMILES string of the molecule is COc1cc(NC(=O)c2cc(C)nc3c2c(C)nn3-c2ccccc2)cc(OC)c1. The van der Waals surface area contributed by atoms with Crippen LogP contribution in [0.5, 0.6) is 11.5 Å². The first-order valence-corrected chi connectivity index (χ1v) is 9.47. The predicted molar refractivity (Wildman–Crippen MR) is 116 cm³/mol. The Morgan fingerprint density at radius 2 is 1.63 bits per heavy atom. The zero-order chi connectivity index (χ0) is 21.3. The van der Waals surface area contributed by atoms with Gasteiger partial charge in [0.2, 0.25) is 0 Å². The van der Waals surface area contributed by atoms with E-state index in [1.165, 1.54) is 0 Å². The lowest BCUT2D eigenvalue weighted by molar-refractivity contribution is 0.102. The van der Waals surface area contributed by atoms with Crippen molar-refractivity contribution in [1.82, 2.24) is 14.8 Å². The Bertz CT molecular complexity index is 1210. The highest BCUT2D eigenvalue weighted by Gasteiger charge is 2.20. The molecule has 4 rings (SSSR count). The van der Waals surface area contributed by atoms with Gasteiger partial charge in [-0.25, -0.2) is 9.67 Å². The summed E-state index contributed by atoms with van der Waals surface area (Å²) in [6.45, 7) is 3.74. The summed E-state index contributed by atoms with van der Waals surface area (Å²) in [5.41, 5.74) is 4.08. The summed E-state index contributed by atoms with van der Waals surface area (Å²) >= 11 is 0. The van der Waals surface area contributed by atoms with Crippen molar-refractivity contribution in [3.8, 4) is 17.2 Å². The number of rotatable bonds is 5. The van der Waals surface area contributed by atoms with Gasteiger partial charge in [0.05, 0.1) is 36.6 Å². The van der Waals surface area contributed by atoms with Gasteiger partial charge in [0.15, 0.2) is 5.65 Å². The molecular formula is C23H22N4O3. The van der Waals surface area contributed by atoms with Crippen LogP contribution >= 0.6 is 0 Å². The summed E-state index contributed by atoms with van der Waals surface area (Å²) < 4.78 is 12.3. The Morgan fingerprint density at radius 3 is 2.27 bits per heavy atom. The highest BCUT2D eigenvalue weighted by Crippen LogP contribution is 2.28. The first-order valence-electron chi connectivity index (χ1n) is 9.47. The van der Waals surface area contributed by atoms with Crippen molar-refractivity contribution in [3.63, 3.8) is 0 Å². The summed E-state index contributed by atoms with van der Waals surface area (Å²) in [4.78, 5) is 17.9. The number of para-hydroxylation sites is 1. The minimum atomic E-state index is -0.253. The lowest BCUT2D eigenvalue weighted by atomic mass is 10.1. The van der Waals surface area contributed by atoms with Crippen molar-refractivity contribution in [2.75, 3.05) is 19.5 Å². The number of hydrogen-bond acceptors (Lipinski definition) is 5.